The fourth-order valence-corrected chi connectivity index (χ4v) is 2.61. The summed E-state index contributed by atoms with van der Waals surface area (Å²) < 4.78 is 62.3. The average Bonchev–Trinajstić information content (AvgIpc) is 2.77. The number of ether oxygens (including phenoxy) is 2. The van der Waals surface area contributed by atoms with Crippen molar-refractivity contribution < 1.29 is 36.9 Å². The van der Waals surface area contributed by atoms with Crippen molar-refractivity contribution in [3.8, 4) is 5.75 Å². The minimum absolute atomic E-state index is 0.00808. The van der Waals surface area contributed by atoms with E-state index >= 15 is 0 Å². The number of hydrogen-bond acceptors (Lipinski definition) is 3. The van der Waals surface area contributed by atoms with Crippen molar-refractivity contribution in [1.29, 1.82) is 0 Å². The quantitative estimate of drug-likeness (QED) is 0.869. The van der Waals surface area contributed by atoms with E-state index in [2.05, 4.69) is 0 Å². The molecule has 0 radical (unpaired) electrons. The Morgan fingerprint density at radius 1 is 1.45 bits per heavy atom. The second kappa shape index (κ2) is 5.42. The molecule has 122 valence electrons. The summed E-state index contributed by atoms with van der Waals surface area (Å²) in [7, 11) is 1.23. The summed E-state index contributed by atoms with van der Waals surface area (Å²) in [5, 5.41) is 9.15. The Balaban J connectivity index is 2.47. The third-order valence-electron chi connectivity index (χ3n) is 3.80. The summed E-state index contributed by atoms with van der Waals surface area (Å²) in [6, 6.07) is 3.26. The highest BCUT2D eigenvalue weighted by Crippen LogP contribution is 2.50. The van der Waals surface area contributed by atoms with Crippen LogP contribution in [0, 0.1) is 5.82 Å². The summed E-state index contributed by atoms with van der Waals surface area (Å²) in [6.45, 7) is 0.805. The van der Waals surface area contributed by atoms with Gasteiger partial charge in [0.05, 0.1) is 7.11 Å². The lowest BCUT2D eigenvalue weighted by Gasteiger charge is -2.26. The van der Waals surface area contributed by atoms with Gasteiger partial charge < -0.3 is 14.6 Å². The zero-order chi connectivity index (χ0) is 16.7. The Morgan fingerprint density at radius 3 is 2.59 bits per heavy atom. The van der Waals surface area contributed by atoms with E-state index in [-0.39, 0.29) is 11.3 Å². The Morgan fingerprint density at radius 2 is 2.09 bits per heavy atom. The van der Waals surface area contributed by atoms with Crippen LogP contribution in [0.4, 0.5) is 17.6 Å². The molecule has 1 fully saturated rings. The molecule has 4 nitrogen and oxygen atoms in total. The molecule has 0 bridgehead atoms. The van der Waals surface area contributed by atoms with Gasteiger partial charge in [0.25, 0.3) is 0 Å². The van der Waals surface area contributed by atoms with Gasteiger partial charge in [0.15, 0.2) is 11.7 Å². The number of benzene rings is 1. The highest BCUT2D eigenvalue weighted by atomic mass is 19.4. The molecule has 1 N–H and O–H groups in total. The van der Waals surface area contributed by atoms with Crippen LogP contribution >= 0.6 is 0 Å². The van der Waals surface area contributed by atoms with Crippen LogP contribution in [0.1, 0.15) is 24.8 Å². The van der Waals surface area contributed by atoms with Crippen molar-refractivity contribution in [3.05, 3.63) is 29.6 Å². The molecule has 2 rings (SSSR count). The molecule has 3 atom stereocenters. The molecule has 1 aromatic rings. The van der Waals surface area contributed by atoms with Gasteiger partial charge >= 0.3 is 12.1 Å². The van der Waals surface area contributed by atoms with Crippen molar-refractivity contribution >= 4 is 5.97 Å². The molecular formula is C14H14F4O4. The number of rotatable bonds is 3. The van der Waals surface area contributed by atoms with Gasteiger partial charge in [-0.15, -0.1) is 0 Å². The third-order valence-corrected chi connectivity index (χ3v) is 3.80. The van der Waals surface area contributed by atoms with Gasteiger partial charge in [-0.05, 0) is 19.4 Å². The molecule has 0 aliphatic carbocycles. The van der Waals surface area contributed by atoms with E-state index < -0.39 is 42.0 Å². The van der Waals surface area contributed by atoms with Crippen molar-refractivity contribution in [2.75, 3.05) is 7.11 Å². The normalized spacial score (nSPS) is 28.6. The van der Waals surface area contributed by atoms with Crippen molar-refractivity contribution in [2.24, 2.45) is 0 Å². The van der Waals surface area contributed by atoms with Crippen molar-refractivity contribution in [2.45, 2.75) is 37.1 Å². The van der Waals surface area contributed by atoms with E-state index in [1.165, 1.54) is 13.2 Å². The highest BCUT2D eigenvalue weighted by Gasteiger charge is 2.61. The molecule has 1 heterocycles. The Hall–Kier alpha value is -1.83. The Labute approximate surface area is 123 Å². The van der Waals surface area contributed by atoms with Crippen LogP contribution < -0.4 is 4.74 Å². The fraction of sp³-hybridized carbons (Fsp3) is 0.500. The maximum atomic E-state index is 13.2. The SMILES string of the molecule is COc1cc(F)ccc1C1CC(C)(C(F)(F)F)O[C@H]1C(=O)O. The van der Waals surface area contributed by atoms with Crippen molar-refractivity contribution in [1.82, 2.24) is 0 Å². The van der Waals surface area contributed by atoms with Crippen LogP contribution in [-0.4, -0.2) is 36.1 Å². The number of halogens is 4. The number of methoxy groups -OCH3 is 1. The first-order chi connectivity index (χ1) is 10.1. The summed E-state index contributed by atoms with van der Waals surface area (Å²) in [4.78, 5) is 11.3. The fourth-order valence-electron chi connectivity index (χ4n) is 2.61. The molecule has 1 saturated heterocycles. The van der Waals surface area contributed by atoms with Crippen molar-refractivity contribution in [3.63, 3.8) is 0 Å². The summed E-state index contributed by atoms with van der Waals surface area (Å²) in [6.07, 6.45) is -7.00. The lowest BCUT2D eigenvalue weighted by atomic mass is 9.86. The van der Waals surface area contributed by atoms with Gasteiger partial charge in [-0.3, -0.25) is 0 Å². The van der Waals surface area contributed by atoms with Crippen LogP contribution in [0.2, 0.25) is 0 Å². The minimum Gasteiger partial charge on any atom is -0.496 e. The third kappa shape index (κ3) is 2.75. The number of carboxylic acid groups (broad SMARTS) is 1. The molecule has 1 aliphatic heterocycles. The predicted octanol–water partition coefficient (Wildman–Crippen LogP) is 3.11. The molecule has 0 spiro atoms. The first-order valence-electron chi connectivity index (χ1n) is 6.40. The molecule has 0 aromatic heterocycles. The second-order valence-electron chi connectivity index (χ2n) is 5.30. The van der Waals surface area contributed by atoms with Crippen LogP contribution in [0.25, 0.3) is 0 Å². The van der Waals surface area contributed by atoms with E-state index in [0.717, 1.165) is 19.1 Å². The Bertz CT molecular complexity index is 587. The maximum absolute atomic E-state index is 13.2. The molecule has 1 aliphatic rings. The largest absolute Gasteiger partial charge is 0.496 e. The predicted molar refractivity (Wildman–Crippen MR) is 67.3 cm³/mol. The van der Waals surface area contributed by atoms with E-state index in [0.29, 0.717) is 0 Å². The van der Waals surface area contributed by atoms with Gasteiger partial charge in [0.2, 0.25) is 0 Å². The topological polar surface area (TPSA) is 55.8 Å². The first kappa shape index (κ1) is 16.5. The molecule has 22 heavy (non-hydrogen) atoms. The number of aliphatic carboxylic acids is 1. The summed E-state index contributed by atoms with van der Waals surface area (Å²) in [5.41, 5.74) is -2.41. The lowest BCUT2D eigenvalue weighted by Crippen LogP contribution is -2.42. The van der Waals surface area contributed by atoms with E-state index in [1.54, 1.807) is 0 Å². The van der Waals surface area contributed by atoms with Gasteiger partial charge in [-0.25, -0.2) is 9.18 Å². The van der Waals surface area contributed by atoms with E-state index in [4.69, 9.17) is 14.6 Å². The number of alkyl halides is 3. The maximum Gasteiger partial charge on any atom is 0.417 e. The average molecular weight is 322 g/mol. The van der Waals surface area contributed by atoms with Crippen LogP contribution in [0.3, 0.4) is 0 Å². The van der Waals surface area contributed by atoms with Gasteiger partial charge in [-0.2, -0.15) is 13.2 Å². The Kier molecular flexibility index (Phi) is 4.08. The first-order valence-corrected chi connectivity index (χ1v) is 6.40. The zero-order valence-corrected chi connectivity index (χ0v) is 11.8. The standard InChI is InChI=1S/C14H14F4O4/c1-13(14(16,17)18)6-9(11(22-13)12(19)20)8-4-3-7(15)5-10(8)21-2/h3-5,9,11H,6H2,1-2H3,(H,19,20)/t9?,11-,13?/m1/s1. The molecule has 0 amide bonds. The van der Waals surface area contributed by atoms with Gasteiger partial charge in [-0.1, -0.05) is 6.07 Å². The minimum atomic E-state index is -4.72. The lowest BCUT2D eigenvalue weighted by molar-refractivity contribution is -0.263. The smallest absolute Gasteiger partial charge is 0.417 e. The zero-order valence-electron chi connectivity index (χ0n) is 11.8. The van der Waals surface area contributed by atoms with Crippen LogP contribution in [-0.2, 0) is 9.53 Å². The van der Waals surface area contributed by atoms with Gasteiger partial charge in [0, 0.05) is 17.5 Å². The second-order valence-corrected chi connectivity index (χ2v) is 5.30. The number of carboxylic acids is 1. The van der Waals surface area contributed by atoms with E-state index in [9.17, 15) is 22.4 Å². The monoisotopic (exact) mass is 322 g/mol. The number of hydrogen-bond donors (Lipinski definition) is 1. The van der Waals surface area contributed by atoms with Crippen LogP contribution in [0.15, 0.2) is 18.2 Å². The number of carbonyl (C=O) groups is 1. The highest BCUT2D eigenvalue weighted by molar-refractivity contribution is 5.75. The van der Waals surface area contributed by atoms with Crippen LogP contribution in [0.5, 0.6) is 5.75 Å². The van der Waals surface area contributed by atoms with E-state index in [1.807, 2.05) is 0 Å². The summed E-state index contributed by atoms with van der Waals surface area (Å²) in [5.74, 6) is -3.25. The molecule has 8 heteroatoms. The molecule has 0 saturated carbocycles. The van der Waals surface area contributed by atoms with Gasteiger partial charge in [0.1, 0.15) is 11.6 Å². The molecular weight excluding hydrogens is 308 g/mol. The molecule has 2 unspecified atom stereocenters. The molecule has 1 aromatic carbocycles. The summed E-state index contributed by atoms with van der Waals surface area (Å²) >= 11 is 0.